The van der Waals surface area contributed by atoms with Gasteiger partial charge in [0.15, 0.2) is 0 Å². The van der Waals surface area contributed by atoms with Crippen LogP contribution in [0.25, 0.3) is 0 Å². The van der Waals surface area contributed by atoms with Gasteiger partial charge in [0.2, 0.25) is 0 Å². The summed E-state index contributed by atoms with van der Waals surface area (Å²) in [6, 6.07) is 17.3. The zero-order valence-electron chi connectivity index (χ0n) is 22.6. The molecule has 2 aromatic carbocycles. The van der Waals surface area contributed by atoms with Crippen molar-refractivity contribution in [3.8, 4) is 0 Å². The quantitative estimate of drug-likeness (QED) is 0.379. The highest BCUT2D eigenvalue weighted by Crippen LogP contribution is 2.28. The van der Waals surface area contributed by atoms with Crippen LogP contribution in [0.1, 0.15) is 63.6 Å². The van der Waals surface area contributed by atoms with Crippen molar-refractivity contribution in [2.45, 2.75) is 70.6 Å². The molecule has 9 heteroatoms. The summed E-state index contributed by atoms with van der Waals surface area (Å²) < 4.78 is 7.71. The van der Waals surface area contributed by atoms with Crippen LogP contribution < -0.4 is 11.1 Å². The maximum absolute atomic E-state index is 12.4. The topological polar surface area (TPSA) is 87.9 Å². The van der Waals surface area contributed by atoms with Crippen LogP contribution in [0, 0.1) is 0 Å². The second kappa shape index (κ2) is 14.3. The van der Waals surface area contributed by atoms with Crippen molar-refractivity contribution in [2.75, 3.05) is 26.2 Å². The molecule has 2 fully saturated rings. The largest absolute Gasteiger partial charge is 0.444 e. The summed E-state index contributed by atoms with van der Waals surface area (Å²) in [6.07, 6.45) is 5.37. The number of amides is 3. The summed E-state index contributed by atoms with van der Waals surface area (Å²) in [5, 5.41) is 2.68. The molecule has 1 atom stereocenters. The first-order chi connectivity index (χ1) is 18.0. The average Bonchev–Trinajstić information content (AvgIpc) is 3.36. The molecule has 3 N–H and O–H groups in total. The lowest BCUT2D eigenvalue weighted by Crippen LogP contribution is -2.51. The van der Waals surface area contributed by atoms with Gasteiger partial charge in [-0.1, -0.05) is 69.0 Å². The molecule has 1 aliphatic heterocycles. The van der Waals surface area contributed by atoms with Crippen molar-refractivity contribution in [1.29, 1.82) is 0 Å². The van der Waals surface area contributed by atoms with Gasteiger partial charge < -0.3 is 20.7 Å². The molecular formula is C29H40Br2N4O3. The Morgan fingerprint density at radius 3 is 1.97 bits per heavy atom. The normalized spacial score (nSPS) is 17.3. The van der Waals surface area contributed by atoms with Gasteiger partial charge in [0, 0.05) is 47.2 Å². The number of hydrogen-bond donors (Lipinski definition) is 2. The van der Waals surface area contributed by atoms with Crippen LogP contribution in [0.2, 0.25) is 0 Å². The lowest BCUT2D eigenvalue weighted by atomic mass is 9.96. The minimum absolute atomic E-state index is 0.217. The number of rotatable bonds is 5. The SMILES string of the molecule is CC(C)(C)OC(=O)N1CCN(C(Cc2ccc(Br)cc2)c2ccc(Br)cc2)CC1.NC(=O)NC1CCCC1. The first-order valence-electron chi connectivity index (χ1n) is 13.3. The van der Waals surface area contributed by atoms with Crippen LogP contribution in [0.3, 0.4) is 0 Å². The third-order valence-electron chi connectivity index (χ3n) is 6.71. The van der Waals surface area contributed by atoms with Crippen molar-refractivity contribution in [2.24, 2.45) is 5.73 Å². The second-order valence-corrected chi connectivity index (χ2v) is 12.7. The highest BCUT2D eigenvalue weighted by Gasteiger charge is 2.29. The molecule has 1 saturated heterocycles. The van der Waals surface area contributed by atoms with Crippen LogP contribution in [-0.2, 0) is 11.2 Å². The number of ether oxygens (including phenoxy) is 1. The van der Waals surface area contributed by atoms with Crippen molar-refractivity contribution in [3.63, 3.8) is 0 Å². The smallest absolute Gasteiger partial charge is 0.410 e. The predicted octanol–water partition coefficient (Wildman–Crippen LogP) is 6.65. The van der Waals surface area contributed by atoms with Gasteiger partial charge in [-0.25, -0.2) is 9.59 Å². The van der Waals surface area contributed by atoms with Crippen LogP contribution in [0.15, 0.2) is 57.5 Å². The number of hydrogen-bond acceptors (Lipinski definition) is 4. The van der Waals surface area contributed by atoms with E-state index in [4.69, 9.17) is 10.5 Å². The molecule has 4 rings (SSSR count). The molecule has 38 heavy (non-hydrogen) atoms. The Morgan fingerprint density at radius 2 is 1.47 bits per heavy atom. The summed E-state index contributed by atoms with van der Waals surface area (Å²) in [6.45, 7) is 8.74. The van der Waals surface area contributed by atoms with Gasteiger partial charge in [-0.3, -0.25) is 4.90 Å². The maximum atomic E-state index is 12.4. The number of urea groups is 1. The number of carbonyl (C=O) groups excluding carboxylic acids is 2. The lowest BCUT2D eigenvalue weighted by Gasteiger charge is -2.40. The molecule has 2 aromatic rings. The number of nitrogens with one attached hydrogen (secondary N) is 1. The molecular weight excluding hydrogens is 612 g/mol. The molecule has 208 valence electrons. The molecule has 0 radical (unpaired) electrons. The Morgan fingerprint density at radius 1 is 0.947 bits per heavy atom. The van der Waals surface area contributed by atoms with E-state index in [2.05, 4.69) is 90.6 Å². The van der Waals surface area contributed by atoms with Gasteiger partial charge in [0.25, 0.3) is 0 Å². The van der Waals surface area contributed by atoms with Crippen LogP contribution in [0.5, 0.6) is 0 Å². The summed E-state index contributed by atoms with van der Waals surface area (Å²) in [7, 11) is 0. The van der Waals surface area contributed by atoms with Crippen molar-refractivity contribution < 1.29 is 14.3 Å². The number of halogens is 2. The van der Waals surface area contributed by atoms with Crippen molar-refractivity contribution in [1.82, 2.24) is 15.1 Å². The number of nitrogens with zero attached hydrogens (tertiary/aromatic N) is 2. The van der Waals surface area contributed by atoms with E-state index in [1.807, 2.05) is 25.7 Å². The number of nitrogens with two attached hydrogens (primary N) is 1. The molecule has 1 heterocycles. The zero-order valence-corrected chi connectivity index (χ0v) is 25.8. The lowest BCUT2D eigenvalue weighted by molar-refractivity contribution is 0.0102. The molecule has 0 spiro atoms. The van der Waals surface area contributed by atoms with E-state index < -0.39 is 5.60 Å². The van der Waals surface area contributed by atoms with Crippen LogP contribution >= 0.6 is 31.9 Å². The van der Waals surface area contributed by atoms with Crippen molar-refractivity contribution >= 4 is 44.0 Å². The van der Waals surface area contributed by atoms with E-state index in [-0.39, 0.29) is 18.2 Å². The van der Waals surface area contributed by atoms with Crippen molar-refractivity contribution in [3.05, 3.63) is 68.6 Å². The molecule has 0 bridgehead atoms. The Hall–Kier alpha value is -2.10. The molecule has 0 aromatic heterocycles. The van der Waals surface area contributed by atoms with E-state index in [1.54, 1.807) is 0 Å². The van der Waals surface area contributed by atoms with Gasteiger partial charge in [0.1, 0.15) is 5.60 Å². The highest BCUT2D eigenvalue weighted by atomic mass is 79.9. The number of carbonyl (C=O) groups is 2. The fraction of sp³-hybridized carbons (Fsp3) is 0.517. The zero-order chi connectivity index (χ0) is 27.7. The van der Waals surface area contributed by atoms with Gasteiger partial charge in [-0.15, -0.1) is 0 Å². The minimum Gasteiger partial charge on any atom is -0.444 e. The van der Waals surface area contributed by atoms with Gasteiger partial charge >= 0.3 is 12.1 Å². The highest BCUT2D eigenvalue weighted by molar-refractivity contribution is 9.10. The standard InChI is InChI=1S/C23H28Br2N2O2.C6H12N2O/c1-23(2,3)29-22(28)27-14-12-26(13-15-27)21(18-6-10-20(25)11-7-18)16-17-4-8-19(24)9-5-17;7-6(9)8-5-3-1-2-4-5/h4-11,21H,12-16H2,1-3H3;5H,1-4H2,(H3,7,8,9). The molecule has 3 amide bonds. The maximum Gasteiger partial charge on any atom is 0.410 e. The summed E-state index contributed by atoms with van der Waals surface area (Å²) in [5.41, 5.74) is 7.05. The fourth-order valence-electron chi connectivity index (χ4n) is 4.80. The molecule has 2 aliphatic rings. The van der Waals surface area contributed by atoms with E-state index in [9.17, 15) is 9.59 Å². The monoisotopic (exact) mass is 650 g/mol. The van der Waals surface area contributed by atoms with E-state index in [0.29, 0.717) is 19.1 Å². The van der Waals surface area contributed by atoms with Gasteiger partial charge in [-0.2, -0.15) is 0 Å². The Balaban J connectivity index is 0.000000375. The third kappa shape index (κ3) is 10.2. The number of benzene rings is 2. The second-order valence-electron chi connectivity index (χ2n) is 10.9. The molecule has 1 unspecified atom stereocenters. The molecule has 1 aliphatic carbocycles. The summed E-state index contributed by atoms with van der Waals surface area (Å²) >= 11 is 7.05. The predicted molar refractivity (Wildman–Crippen MR) is 159 cm³/mol. The number of primary amides is 1. The molecule has 7 nitrogen and oxygen atoms in total. The van der Waals surface area contributed by atoms with E-state index in [0.717, 1.165) is 41.3 Å². The van der Waals surface area contributed by atoms with E-state index in [1.165, 1.54) is 24.0 Å². The van der Waals surface area contributed by atoms with E-state index >= 15 is 0 Å². The summed E-state index contributed by atoms with van der Waals surface area (Å²) in [4.78, 5) is 27.0. The first kappa shape index (κ1) is 30.4. The average molecular weight is 652 g/mol. The Labute approximate surface area is 243 Å². The Kier molecular flexibility index (Phi) is 11.5. The first-order valence-corrected chi connectivity index (χ1v) is 14.9. The van der Waals surface area contributed by atoms with Gasteiger partial charge in [-0.05, 0) is 75.4 Å². The summed E-state index contributed by atoms with van der Waals surface area (Å²) in [5.74, 6) is 0. The van der Waals surface area contributed by atoms with Gasteiger partial charge in [0.05, 0.1) is 0 Å². The minimum atomic E-state index is -0.463. The third-order valence-corrected chi connectivity index (χ3v) is 7.76. The Bertz CT molecular complexity index is 1030. The number of piperazine rings is 1. The fourth-order valence-corrected chi connectivity index (χ4v) is 5.33. The van der Waals surface area contributed by atoms with Crippen LogP contribution in [0.4, 0.5) is 9.59 Å². The van der Waals surface area contributed by atoms with Crippen LogP contribution in [-0.4, -0.2) is 59.7 Å². The molecule has 1 saturated carbocycles.